The molecule has 76 valence electrons. The third-order valence-corrected chi connectivity index (χ3v) is 1.80. The van der Waals surface area contributed by atoms with Crippen molar-refractivity contribution in [2.75, 3.05) is 6.61 Å². The van der Waals surface area contributed by atoms with E-state index in [1.165, 1.54) is 18.2 Å². The van der Waals surface area contributed by atoms with Gasteiger partial charge in [-0.05, 0) is 19.1 Å². The average molecular weight is 204 g/mol. The molecular weight excluding hydrogens is 195 g/mol. The largest absolute Gasteiger partial charge is 0.491 e. The minimum absolute atomic E-state index is 0.123. The van der Waals surface area contributed by atoms with Gasteiger partial charge in [0.25, 0.3) is 0 Å². The quantitative estimate of drug-likeness (QED) is 0.758. The van der Waals surface area contributed by atoms with Crippen LogP contribution in [-0.2, 0) is 0 Å². The molecule has 15 heavy (non-hydrogen) atoms. The van der Waals surface area contributed by atoms with E-state index in [-0.39, 0.29) is 23.8 Å². The van der Waals surface area contributed by atoms with Gasteiger partial charge in [-0.25, -0.2) is 4.39 Å². The van der Waals surface area contributed by atoms with Crippen LogP contribution < -0.4 is 4.74 Å². The highest BCUT2D eigenvalue weighted by Crippen LogP contribution is 2.20. The number of nitrogens with zero attached hydrogens (tertiary/aromatic N) is 2. The summed E-state index contributed by atoms with van der Waals surface area (Å²) in [6, 6.07) is 7.87. The number of benzene rings is 1. The van der Waals surface area contributed by atoms with Crippen molar-refractivity contribution in [2.45, 2.75) is 6.92 Å². The van der Waals surface area contributed by atoms with Crippen LogP contribution in [0.3, 0.4) is 0 Å². The molecule has 0 aliphatic carbocycles. The molecule has 0 aliphatic heterocycles. The summed E-state index contributed by atoms with van der Waals surface area (Å²) in [5.74, 6) is -0.723. The molecule has 0 aliphatic rings. The van der Waals surface area contributed by atoms with Gasteiger partial charge in [-0.1, -0.05) is 6.07 Å². The van der Waals surface area contributed by atoms with Crippen molar-refractivity contribution in [3.63, 3.8) is 0 Å². The fraction of sp³-hybridized carbons (Fsp3) is 0.273. The van der Waals surface area contributed by atoms with E-state index in [1.807, 2.05) is 6.07 Å². The van der Waals surface area contributed by atoms with Gasteiger partial charge in [0.05, 0.1) is 12.0 Å². The van der Waals surface area contributed by atoms with Crippen LogP contribution in [0.15, 0.2) is 18.2 Å². The molecule has 1 aromatic rings. The summed E-state index contributed by atoms with van der Waals surface area (Å²) in [7, 11) is 0. The number of nitriles is 2. The lowest BCUT2D eigenvalue weighted by molar-refractivity contribution is 0.286. The Bertz CT molecular complexity index is 431. The first-order valence-corrected chi connectivity index (χ1v) is 4.40. The Morgan fingerprint density at radius 2 is 2.20 bits per heavy atom. The molecule has 1 rings (SSSR count). The highest BCUT2D eigenvalue weighted by atomic mass is 19.1. The van der Waals surface area contributed by atoms with E-state index in [0.29, 0.717) is 0 Å². The van der Waals surface area contributed by atoms with Crippen LogP contribution in [0.1, 0.15) is 12.5 Å². The Morgan fingerprint density at radius 1 is 1.47 bits per heavy atom. The summed E-state index contributed by atoms with van der Waals surface area (Å²) < 4.78 is 18.3. The maximum absolute atomic E-state index is 13.1. The van der Waals surface area contributed by atoms with E-state index in [9.17, 15) is 4.39 Å². The summed E-state index contributed by atoms with van der Waals surface area (Å²) in [5, 5.41) is 17.2. The van der Waals surface area contributed by atoms with E-state index in [2.05, 4.69) is 0 Å². The zero-order chi connectivity index (χ0) is 11.3. The Kier molecular flexibility index (Phi) is 3.65. The van der Waals surface area contributed by atoms with E-state index in [4.69, 9.17) is 15.3 Å². The van der Waals surface area contributed by atoms with Crippen LogP contribution in [0.5, 0.6) is 5.75 Å². The minimum atomic E-state index is -0.611. The summed E-state index contributed by atoms with van der Waals surface area (Å²) in [6.07, 6.45) is 0. The molecule has 0 N–H and O–H groups in total. The van der Waals surface area contributed by atoms with Crippen molar-refractivity contribution in [1.29, 1.82) is 10.5 Å². The number of rotatable bonds is 3. The van der Waals surface area contributed by atoms with Gasteiger partial charge >= 0.3 is 0 Å². The van der Waals surface area contributed by atoms with Crippen molar-refractivity contribution < 1.29 is 9.13 Å². The van der Waals surface area contributed by atoms with Gasteiger partial charge in [0, 0.05) is 0 Å². The predicted octanol–water partition coefficient (Wildman–Crippen LogP) is 2.24. The third-order valence-electron chi connectivity index (χ3n) is 1.80. The highest BCUT2D eigenvalue weighted by Gasteiger charge is 2.09. The summed E-state index contributed by atoms with van der Waals surface area (Å²) >= 11 is 0. The molecule has 0 radical (unpaired) electrons. The van der Waals surface area contributed by atoms with Crippen LogP contribution >= 0.6 is 0 Å². The summed E-state index contributed by atoms with van der Waals surface area (Å²) in [6.45, 7) is 1.83. The summed E-state index contributed by atoms with van der Waals surface area (Å²) in [4.78, 5) is 0. The standard InChI is InChI=1S/C11H9FN2O/c1-8(5-13)7-15-11-4-2-3-10(12)9(11)6-14/h2-4,8H,7H2,1H3. The van der Waals surface area contributed by atoms with Crippen molar-refractivity contribution in [3.8, 4) is 17.9 Å². The molecule has 0 bridgehead atoms. The zero-order valence-corrected chi connectivity index (χ0v) is 8.20. The predicted molar refractivity (Wildman–Crippen MR) is 51.4 cm³/mol. The Balaban J connectivity index is 2.83. The van der Waals surface area contributed by atoms with Gasteiger partial charge < -0.3 is 4.74 Å². The molecule has 0 aromatic heterocycles. The molecular formula is C11H9FN2O. The van der Waals surface area contributed by atoms with E-state index < -0.39 is 5.82 Å². The first-order chi connectivity index (χ1) is 7.19. The van der Waals surface area contributed by atoms with E-state index in [0.717, 1.165) is 0 Å². The number of hydrogen-bond acceptors (Lipinski definition) is 3. The molecule has 0 amide bonds. The highest BCUT2D eigenvalue weighted by molar-refractivity contribution is 5.43. The molecule has 3 nitrogen and oxygen atoms in total. The van der Waals surface area contributed by atoms with Gasteiger partial charge in [-0.2, -0.15) is 10.5 Å². The SMILES string of the molecule is CC(C#N)COc1cccc(F)c1C#N. The van der Waals surface area contributed by atoms with Crippen LogP contribution in [-0.4, -0.2) is 6.61 Å². The second kappa shape index (κ2) is 4.97. The monoisotopic (exact) mass is 204 g/mol. The molecule has 0 spiro atoms. The van der Waals surface area contributed by atoms with Crippen molar-refractivity contribution in [3.05, 3.63) is 29.6 Å². The van der Waals surface area contributed by atoms with Crippen molar-refractivity contribution in [2.24, 2.45) is 5.92 Å². The lowest BCUT2D eigenvalue weighted by Crippen LogP contribution is -2.07. The van der Waals surface area contributed by atoms with Crippen LogP contribution in [0, 0.1) is 34.4 Å². The maximum atomic E-state index is 13.1. The Morgan fingerprint density at radius 3 is 2.80 bits per heavy atom. The molecule has 0 saturated carbocycles. The molecule has 4 heteroatoms. The van der Waals surface area contributed by atoms with Crippen LogP contribution in [0.25, 0.3) is 0 Å². The second-order valence-corrected chi connectivity index (χ2v) is 3.07. The molecule has 0 saturated heterocycles. The maximum Gasteiger partial charge on any atom is 0.144 e. The van der Waals surface area contributed by atoms with Gasteiger partial charge in [0.2, 0.25) is 0 Å². The first-order valence-electron chi connectivity index (χ1n) is 4.40. The number of halogens is 1. The first kappa shape index (κ1) is 11.0. The van der Waals surface area contributed by atoms with E-state index in [1.54, 1.807) is 13.0 Å². The third kappa shape index (κ3) is 2.69. The number of hydrogen-bond donors (Lipinski definition) is 0. The summed E-state index contributed by atoms with van der Waals surface area (Å²) in [5.41, 5.74) is -0.123. The molecule has 1 aromatic carbocycles. The molecule has 0 heterocycles. The van der Waals surface area contributed by atoms with Gasteiger partial charge in [-0.15, -0.1) is 0 Å². The fourth-order valence-corrected chi connectivity index (χ4v) is 0.985. The Labute approximate surface area is 87.3 Å². The fourth-order valence-electron chi connectivity index (χ4n) is 0.985. The van der Waals surface area contributed by atoms with Crippen molar-refractivity contribution >= 4 is 0 Å². The molecule has 1 atom stereocenters. The van der Waals surface area contributed by atoms with Crippen molar-refractivity contribution in [1.82, 2.24) is 0 Å². The van der Waals surface area contributed by atoms with E-state index >= 15 is 0 Å². The van der Waals surface area contributed by atoms with Gasteiger partial charge in [0.1, 0.15) is 29.8 Å². The lowest BCUT2D eigenvalue weighted by atomic mass is 10.2. The van der Waals surface area contributed by atoms with Gasteiger partial charge in [0.15, 0.2) is 0 Å². The Hall–Kier alpha value is -2.07. The number of ether oxygens (including phenoxy) is 1. The second-order valence-electron chi connectivity index (χ2n) is 3.07. The average Bonchev–Trinajstić information content (AvgIpc) is 2.25. The molecule has 0 fully saturated rings. The topological polar surface area (TPSA) is 56.8 Å². The normalized spacial score (nSPS) is 11.2. The lowest BCUT2D eigenvalue weighted by Gasteiger charge is -2.08. The van der Waals surface area contributed by atoms with Gasteiger partial charge in [-0.3, -0.25) is 0 Å². The smallest absolute Gasteiger partial charge is 0.144 e. The minimum Gasteiger partial charge on any atom is -0.491 e. The van der Waals surface area contributed by atoms with Crippen LogP contribution in [0.2, 0.25) is 0 Å². The molecule has 1 unspecified atom stereocenters. The van der Waals surface area contributed by atoms with Crippen LogP contribution in [0.4, 0.5) is 4.39 Å². The zero-order valence-electron chi connectivity index (χ0n) is 8.20.